The van der Waals surface area contributed by atoms with Crippen LogP contribution in [0, 0.1) is 0 Å². The van der Waals surface area contributed by atoms with Gasteiger partial charge in [0.25, 0.3) is 0 Å². The molecule has 1 aliphatic heterocycles. The molecule has 0 fully saturated rings. The average Bonchev–Trinajstić information content (AvgIpc) is 2.59. The third-order valence-corrected chi connectivity index (χ3v) is 2.55. The Morgan fingerprint density at radius 1 is 1.35 bits per heavy atom. The molecule has 1 aliphatic rings. The maximum atomic E-state index is 12.9. The molecule has 0 atom stereocenters. The average molecular weight is 244 g/mol. The highest BCUT2D eigenvalue weighted by Crippen LogP contribution is 2.38. The van der Waals surface area contributed by atoms with Crippen molar-refractivity contribution in [1.82, 2.24) is 0 Å². The lowest BCUT2D eigenvalue weighted by Crippen LogP contribution is -2.13. The van der Waals surface area contributed by atoms with Gasteiger partial charge in [0.2, 0.25) is 0 Å². The van der Waals surface area contributed by atoms with Crippen LogP contribution in [0.4, 0.5) is 13.2 Å². The minimum absolute atomic E-state index is 0.0769. The lowest BCUT2D eigenvalue weighted by molar-refractivity contribution is -0.139. The molecule has 0 aromatic heterocycles. The Kier molecular flexibility index (Phi) is 2.65. The van der Waals surface area contributed by atoms with Crippen molar-refractivity contribution in [2.24, 2.45) is 0 Å². The molecule has 0 saturated carbocycles. The van der Waals surface area contributed by atoms with Crippen LogP contribution in [0.5, 0.6) is 0 Å². The van der Waals surface area contributed by atoms with Crippen LogP contribution in [-0.2, 0) is 28.7 Å². The van der Waals surface area contributed by atoms with E-state index in [4.69, 9.17) is 0 Å². The van der Waals surface area contributed by atoms with E-state index in [1.54, 1.807) is 0 Å². The van der Waals surface area contributed by atoms with Gasteiger partial charge in [0, 0.05) is 12.0 Å². The van der Waals surface area contributed by atoms with Gasteiger partial charge in [-0.1, -0.05) is 6.07 Å². The number of esters is 1. The van der Waals surface area contributed by atoms with Crippen molar-refractivity contribution in [3.8, 4) is 0 Å². The van der Waals surface area contributed by atoms with Crippen molar-refractivity contribution in [2.45, 2.75) is 19.2 Å². The predicted octanol–water partition coefficient (Wildman–Crippen LogP) is 2.12. The van der Waals surface area contributed by atoms with Gasteiger partial charge in [0.05, 0.1) is 11.1 Å². The van der Waals surface area contributed by atoms with E-state index in [1.165, 1.54) is 6.07 Å². The number of carbonyl (C=O) groups excluding carboxylic acids is 2. The van der Waals surface area contributed by atoms with E-state index in [0.717, 1.165) is 6.07 Å². The van der Waals surface area contributed by atoms with Crippen molar-refractivity contribution < 1.29 is 27.5 Å². The van der Waals surface area contributed by atoms with Crippen LogP contribution < -0.4 is 0 Å². The highest BCUT2D eigenvalue weighted by molar-refractivity contribution is 5.94. The lowest BCUT2D eigenvalue weighted by atomic mass is 9.95. The van der Waals surface area contributed by atoms with Crippen molar-refractivity contribution in [1.29, 1.82) is 0 Å². The molecule has 3 nitrogen and oxygen atoms in total. The van der Waals surface area contributed by atoms with E-state index in [1.807, 2.05) is 0 Å². The number of hydrogen-bond acceptors (Lipinski definition) is 3. The molecule has 1 aromatic rings. The quantitative estimate of drug-likeness (QED) is 0.591. The summed E-state index contributed by atoms with van der Waals surface area (Å²) in [5, 5.41) is 0. The minimum Gasteiger partial charge on any atom is -0.457 e. The summed E-state index contributed by atoms with van der Waals surface area (Å²) >= 11 is 0. The number of aldehydes is 1. The highest BCUT2D eigenvalue weighted by atomic mass is 19.4. The molecule has 0 bridgehead atoms. The lowest BCUT2D eigenvalue weighted by Gasteiger charge is -2.14. The zero-order chi connectivity index (χ0) is 12.6. The number of alkyl halides is 3. The van der Waals surface area contributed by atoms with E-state index in [2.05, 4.69) is 4.74 Å². The van der Waals surface area contributed by atoms with E-state index in [9.17, 15) is 22.8 Å². The number of cyclic esters (lactones) is 1. The van der Waals surface area contributed by atoms with Crippen LogP contribution in [0.2, 0.25) is 0 Å². The number of hydrogen-bond donors (Lipinski definition) is 0. The summed E-state index contributed by atoms with van der Waals surface area (Å²) in [5.74, 6) is -0.761. The van der Waals surface area contributed by atoms with Crippen molar-refractivity contribution in [3.05, 3.63) is 34.4 Å². The van der Waals surface area contributed by atoms with E-state index >= 15 is 0 Å². The number of halogens is 3. The van der Waals surface area contributed by atoms with Crippen LogP contribution >= 0.6 is 0 Å². The number of rotatable bonds is 2. The Morgan fingerprint density at radius 2 is 2.06 bits per heavy atom. The van der Waals surface area contributed by atoms with Crippen LogP contribution in [0.15, 0.2) is 12.1 Å². The largest absolute Gasteiger partial charge is 0.457 e. The standard InChI is InChI=1S/C11H7F3O3/c12-11(13,14)9-6(3-4-15)1-2-7-8(9)5-17-10(7)16/h1-2,4H,3,5H2. The number of ether oxygens (including phenoxy) is 1. The molecule has 0 radical (unpaired) electrons. The molecule has 0 amide bonds. The molecule has 1 aromatic carbocycles. The van der Waals surface area contributed by atoms with Gasteiger partial charge in [-0.05, 0) is 11.6 Å². The summed E-state index contributed by atoms with van der Waals surface area (Å²) in [5.41, 5.74) is -1.31. The summed E-state index contributed by atoms with van der Waals surface area (Å²) in [4.78, 5) is 21.5. The Labute approximate surface area is 94.2 Å². The molecule has 90 valence electrons. The van der Waals surface area contributed by atoms with Gasteiger partial charge >= 0.3 is 12.1 Å². The Balaban J connectivity index is 2.66. The topological polar surface area (TPSA) is 43.4 Å². The molecule has 0 unspecified atom stereocenters. The molecular formula is C11H7F3O3. The van der Waals surface area contributed by atoms with Crippen LogP contribution in [0.25, 0.3) is 0 Å². The second kappa shape index (κ2) is 3.87. The molecule has 0 N–H and O–H groups in total. The molecule has 0 aliphatic carbocycles. The molecular weight excluding hydrogens is 237 g/mol. The Bertz CT molecular complexity index is 491. The van der Waals surface area contributed by atoms with Crippen LogP contribution in [0.3, 0.4) is 0 Å². The van der Waals surface area contributed by atoms with Crippen LogP contribution in [-0.4, -0.2) is 12.3 Å². The fourth-order valence-electron chi connectivity index (χ4n) is 1.87. The van der Waals surface area contributed by atoms with Gasteiger partial charge < -0.3 is 9.53 Å². The van der Waals surface area contributed by atoms with Crippen molar-refractivity contribution in [2.75, 3.05) is 0 Å². The first-order valence-corrected chi connectivity index (χ1v) is 4.78. The summed E-state index contributed by atoms with van der Waals surface area (Å²) in [7, 11) is 0. The minimum atomic E-state index is -4.60. The van der Waals surface area contributed by atoms with Gasteiger partial charge in [-0.3, -0.25) is 0 Å². The van der Waals surface area contributed by atoms with Gasteiger partial charge in [-0.2, -0.15) is 13.2 Å². The maximum Gasteiger partial charge on any atom is 0.417 e. The SMILES string of the molecule is O=CCc1ccc2c(c1C(F)(F)F)COC2=O. The smallest absolute Gasteiger partial charge is 0.417 e. The summed E-state index contributed by atoms with van der Waals surface area (Å²) in [6.45, 7) is -0.393. The summed E-state index contributed by atoms with van der Waals surface area (Å²) < 4.78 is 43.2. The summed E-state index contributed by atoms with van der Waals surface area (Å²) in [6, 6.07) is 2.40. The first-order chi connectivity index (χ1) is 7.95. The fraction of sp³-hybridized carbons (Fsp3) is 0.273. The third kappa shape index (κ3) is 1.90. The second-order valence-corrected chi connectivity index (χ2v) is 3.57. The zero-order valence-corrected chi connectivity index (χ0v) is 8.50. The first kappa shape index (κ1) is 11.6. The Morgan fingerprint density at radius 3 is 2.65 bits per heavy atom. The first-order valence-electron chi connectivity index (χ1n) is 4.78. The predicted molar refractivity (Wildman–Crippen MR) is 50.3 cm³/mol. The van der Waals surface area contributed by atoms with Gasteiger partial charge in [-0.15, -0.1) is 0 Å². The molecule has 2 rings (SSSR count). The number of benzene rings is 1. The van der Waals surface area contributed by atoms with Crippen molar-refractivity contribution >= 4 is 12.3 Å². The van der Waals surface area contributed by atoms with E-state index < -0.39 is 24.3 Å². The number of carbonyl (C=O) groups is 2. The van der Waals surface area contributed by atoms with E-state index in [0.29, 0.717) is 6.29 Å². The maximum absolute atomic E-state index is 12.9. The highest BCUT2D eigenvalue weighted by Gasteiger charge is 2.40. The van der Waals surface area contributed by atoms with Gasteiger partial charge in [-0.25, -0.2) is 4.79 Å². The molecule has 0 spiro atoms. The zero-order valence-electron chi connectivity index (χ0n) is 8.50. The van der Waals surface area contributed by atoms with Crippen LogP contribution in [0.1, 0.15) is 27.0 Å². The Hall–Kier alpha value is -1.85. The number of fused-ring (bicyclic) bond motifs is 1. The van der Waals surface area contributed by atoms with E-state index in [-0.39, 0.29) is 23.1 Å². The van der Waals surface area contributed by atoms with Crippen molar-refractivity contribution in [3.63, 3.8) is 0 Å². The third-order valence-electron chi connectivity index (χ3n) is 2.55. The molecule has 6 heteroatoms. The second-order valence-electron chi connectivity index (χ2n) is 3.57. The molecule has 0 saturated heterocycles. The molecule has 17 heavy (non-hydrogen) atoms. The normalized spacial score (nSPS) is 14.4. The van der Waals surface area contributed by atoms with Gasteiger partial charge in [0.15, 0.2) is 0 Å². The molecule has 1 heterocycles. The monoisotopic (exact) mass is 244 g/mol. The summed E-state index contributed by atoms with van der Waals surface area (Å²) in [6.07, 6.45) is -4.54. The van der Waals surface area contributed by atoms with Gasteiger partial charge in [0.1, 0.15) is 12.9 Å². The fourth-order valence-corrected chi connectivity index (χ4v) is 1.87.